The molecule has 0 spiro atoms. The number of halogens is 1. The van der Waals surface area contributed by atoms with Gasteiger partial charge in [-0.2, -0.15) is 0 Å². The zero-order valence-corrected chi connectivity index (χ0v) is 12.5. The van der Waals surface area contributed by atoms with E-state index in [-0.39, 0.29) is 17.6 Å². The fourth-order valence-electron chi connectivity index (χ4n) is 1.66. The van der Waals surface area contributed by atoms with Crippen LogP contribution in [0.2, 0.25) is 5.02 Å². The van der Waals surface area contributed by atoms with E-state index in [9.17, 15) is 4.79 Å². The highest BCUT2D eigenvalue weighted by atomic mass is 35.5. The molecule has 0 unspecified atom stereocenters. The smallest absolute Gasteiger partial charge is 0.180 e. The van der Waals surface area contributed by atoms with Crippen molar-refractivity contribution in [2.75, 3.05) is 0 Å². The summed E-state index contributed by atoms with van der Waals surface area (Å²) in [5.41, 5.74) is 1.32. The molecule has 100 valence electrons. The fourth-order valence-corrected chi connectivity index (χ4v) is 2.66. The molecule has 0 saturated heterocycles. The molecule has 0 bridgehead atoms. The third-order valence-electron chi connectivity index (χ3n) is 2.66. The van der Waals surface area contributed by atoms with Crippen LogP contribution >= 0.6 is 23.1 Å². The lowest BCUT2D eigenvalue weighted by Crippen LogP contribution is -2.17. The van der Waals surface area contributed by atoms with Gasteiger partial charge in [0.15, 0.2) is 5.78 Å². The summed E-state index contributed by atoms with van der Waals surface area (Å²) in [7, 11) is 0. The molecule has 19 heavy (non-hydrogen) atoms. The van der Waals surface area contributed by atoms with Crippen molar-refractivity contribution < 1.29 is 4.79 Å². The van der Waals surface area contributed by atoms with Crippen molar-refractivity contribution in [1.29, 1.82) is 0 Å². The molecule has 0 fully saturated rings. The van der Waals surface area contributed by atoms with Crippen LogP contribution in [-0.2, 0) is 11.8 Å². The molecule has 0 aliphatic carbocycles. The normalized spacial score (nSPS) is 11.6. The summed E-state index contributed by atoms with van der Waals surface area (Å²) in [5, 5.41) is 4.58. The van der Waals surface area contributed by atoms with Gasteiger partial charge in [-0.15, -0.1) is 5.10 Å². The van der Waals surface area contributed by atoms with Crippen LogP contribution < -0.4 is 0 Å². The number of hydrogen-bond donors (Lipinski definition) is 0. The summed E-state index contributed by atoms with van der Waals surface area (Å²) in [6.07, 6.45) is 3.41. The first kappa shape index (κ1) is 14.1. The standard InChI is InChI=1S/C13H14ClN3OS/c1-13(2,3)12-11(19-17-16-12)10(18)6-8-4-5-15-7-9(8)14/h4-5,7H,6H2,1-3H3. The Kier molecular flexibility index (Phi) is 3.96. The Morgan fingerprint density at radius 1 is 1.42 bits per heavy atom. The minimum absolute atomic E-state index is 0.00646. The van der Waals surface area contributed by atoms with Gasteiger partial charge in [0, 0.05) is 24.2 Å². The van der Waals surface area contributed by atoms with Crippen LogP contribution in [0, 0.1) is 0 Å². The second-order valence-electron chi connectivity index (χ2n) is 5.27. The van der Waals surface area contributed by atoms with Crippen molar-refractivity contribution in [3.05, 3.63) is 39.6 Å². The van der Waals surface area contributed by atoms with Crippen molar-refractivity contribution in [3.63, 3.8) is 0 Å². The number of carbonyl (C=O) groups is 1. The van der Waals surface area contributed by atoms with E-state index in [4.69, 9.17) is 11.6 Å². The molecule has 0 aliphatic heterocycles. The van der Waals surface area contributed by atoms with E-state index in [1.807, 2.05) is 20.8 Å². The number of aromatic nitrogens is 3. The number of Topliss-reactive ketones (excluding diaryl/α,β-unsaturated/α-hetero) is 1. The summed E-state index contributed by atoms with van der Waals surface area (Å²) in [4.78, 5) is 16.9. The lowest BCUT2D eigenvalue weighted by Gasteiger charge is -2.15. The van der Waals surface area contributed by atoms with Gasteiger partial charge in [-0.1, -0.05) is 36.9 Å². The maximum atomic E-state index is 12.3. The van der Waals surface area contributed by atoms with Crippen molar-refractivity contribution in [1.82, 2.24) is 14.6 Å². The van der Waals surface area contributed by atoms with Gasteiger partial charge < -0.3 is 0 Å². The van der Waals surface area contributed by atoms with Gasteiger partial charge in [0.25, 0.3) is 0 Å². The van der Waals surface area contributed by atoms with Gasteiger partial charge in [-0.05, 0) is 23.2 Å². The van der Waals surface area contributed by atoms with Gasteiger partial charge in [-0.3, -0.25) is 9.78 Å². The molecule has 6 heteroatoms. The second-order valence-corrected chi connectivity index (χ2v) is 6.43. The monoisotopic (exact) mass is 295 g/mol. The number of ketones is 1. The lowest BCUT2D eigenvalue weighted by atomic mass is 9.90. The Labute approximate surface area is 121 Å². The molecule has 2 aromatic heterocycles. The van der Waals surface area contributed by atoms with Crippen LogP contribution in [0.25, 0.3) is 0 Å². The van der Waals surface area contributed by atoms with Crippen LogP contribution in [0.1, 0.15) is 41.7 Å². The summed E-state index contributed by atoms with van der Waals surface area (Å²) in [6, 6.07) is 1.76. The third kappa shape index (κ3) is 3.16. The number of pyridine rings is 1. The Hall–Kier alpha value is -1.33. The van der Waals surface area contributed by atoms with E-state index in [0.29, 0.717) is 9.90 Å². The van der Waals surface area contributed by atoms with E-state index in [0.717, 1.165) is 22.8 Å². The van der Waals surface area contributed by atoms with E-state index in [1.165, 1.54) is 0 Å². The van der Waals surface area contributed by atoms with Crippen LogP contribution in [0.15, 0.2) is 18.5 Å². The topological polar surface area (TPSA) is 55.7 Å². The Balaban J connectivity index is 2.27. The molecule has 0 N–H and O–H groups in total. The molecule has 2 aromatic rings. The van der Waals surface area contributed by atoms with Gasteiger partial charge >= 0.3 is 0 Å². The molecule has 0 aromatic carbocycles. The van der Waals surface area contributed by atoms with Crippen molar-refractivity contribution in [3.8, 4) is 0 Å². The maximum absolute atomic E-state index is 12.3. The summed E-state index contributed by atoms with van der Waals surface area (Å²) >= 11 is 7.16. The average molecular weight is 296 g/mol. The molecule has 0 aliphatic rings. The Morgan fingerprint density at radius 2 is 2.16 bits per heavy atom. The van der Waals surface area contributed by atoms with E-state index in [1.54, 1.807) is 18.5 Å². The predicted octanol–water partition coefficient (Wildman–Crippen LogP) is 3.31. The number of hydrogen-bond acceptors (Lipinski definition) is 5. The SMILES string of the molecule is CC(C)(C)c1nnsc1C(=O)Cc1ccncc1Cl. The zero-order valence-electron chi connectivity index (χ0n) is 11.0. The molecule has 2 heterocycles. The Bertz CT molecular complexity index is 604. The minimum Gasteiger partial charge on any atom is -0.293 e. The van der Waals surface area contributed by atoms with Gasteiger partial charge in [0.2, 0.25) is 0 Å². The van der Waals surface area contributed by atoms with E-state index < -0.39 is 0 Å². The van der Waals surface area contributed by atoms with Crippen molar-refractivity contribution in [2.24, 2.45) is 0 Å². The lowest BCUT2D eigenvalue weighted by molar-refractivity contribution is 0.0994. The minimum atomic E-state index is -0.194. The molecule has 0 atom stereocenters. The molecule has 0 saturated carbocycles. The first-order valence-electron chi connectivity index (χ1n) is 5.84. The first-order chi connectivity index (χ1) is 8.89. The number of nitrogens with zero attached hydrogens (tertiary/aromatic N) is 3. The van der Waals surface area contributed by atoms with Gasteiger partial charge in [0.05, 0.1) is 10.7 Å². The van der Waals surface area contributed by atoms with Gasteiger partial charge in [-0.25, -0.2) is 0 Å². The van der Waals surface area contributed by atoms with Crippen molar-refractivity contribution in [2.45, 2.75) is 32.6 Å². The molecule has 0 amide bonds. The molecule has 2 rings (SSSR count). The van der Waals surface area contributed by atoms with Crippen LogP contribution in [0.5, 0.6) is 0 Å². The molecular weight excluding hydrogens is 282 g/mol. The number of carbonyl (C=O) groups excluding carboxylic acids is 1. The van der Waals surface area contributed by atoms with Crippen LogP contribution in [-0.4, -0.2) is 20.4 Å². The highest BCUT2D eigenvalue weighted by molar-refractivity contribution is 7.08. The second kappa shape index (κ2) is 5.35. The summed E-state index contributed by atoms with van der Waals surface area (Å²) < 4.78 is 3.90. The van der Waals surface area contributed by atoms with E-state index in [2.05, 4.69) is 14.6 Å². The predicted molar refractivity (Wildman–Crippen MR) is 75.9 cm³/mol. The molecular formula is C13H14ClN3OS. The molecule has 0 radical (unpaired) electrons. The summed E-state index contributed by atoms with van der Waals surface area (Å²) in [6.45, 7) is 6.04. The summed E-state index contributed by atoms with van der Waals surface area (Å²) in [5.74, 6) is -0.00646. The first-order valence-corrected chi connectivity index (χ1v) is 6.99. The van der Waals surface area contributed by atoms with Gasteiger partial charge in [0.1, 0.15) is 4.88 Å². The highest BCUT2D eigenvalue weighted by Gasteiger charge is 2.26. The van der Waals surface area contributed by atoms with E-state index >= 15 is 0 Å². The van der Waals surface area contributed by atoms with Crippen LogP contribution in [0.3, 0.4) is 0 Å². The maximum Gasteiger partial charge on any atom is 0.180 e. The third-order valence-corrected chi connectivity index (χ3v) is 3.77. The quantitative estimate of drug-likeness (QED) is 0.815. The fraction of sp³-hybridized carbons (Fsp3) is 0.385. The van der Waals surface area contributed by atoms with Crippen molar-refractivity contribution >= 4 is 28.9 Å². The average Bonchev–Trinajstić information content (AvgIpc) is 2.81. The van der Waals surface area contributed by atoms with Crippen LogP contribution in [0.4, 0.5) is 0 Å². The zero-order chi connectivity index (χ0) is 14.0. The largest absolute Gasteiger partial charge is 0.293 e. The number of rotatable bonds is 3. The Morgan fingerprint density at radius 3 is 2.79 bits per heavy atom. The highest BCUT2D eigenvalue weighted by Crippen LogP contribution is 2.27. The molecule has 4 nitrogen and oxygen atoms in total.